The first-order chi connectivity index (χ1) is 8.93. The van der Waals surface area contributed by atoms with E-state index in [2.05, 4.69) is 14.9 Å². The van der Waals surface area contributed by atoms with Crippen LogP contribution in [0.3, 0.4) is 0 Å². The molecular formula is C13H17N3O2. The van der Waals surface area contributed by atoms with Gasteiger partial charge in [0.1, 0.15) is 17.9 Å². The summed E-state index contributed by atoms with van der Waals surface area (Å²) in [7, 11) is 0. The Hall–Kier alpha value is -1.59. The summed E-state index contributed by atoms with van der Waals surface area (Å²) in [6, 6.07) is 5.93. The van der Waals surface area contributed by atoms with Gasteiger partial charge in [-0.2, -0.15) is 0 Å². The molecule has 0 amide bonds. The second kappa shape index (κ2) is 5.37. The number of morpholine rings is 1. The fourth-order valence-electron chi connectivity index (χ4n) is 2.16. The molecule has 18 heavy (non-hydrogen) atoms. The summed E-state index contributed by atoms with van der Waals surface area (Å²) in [6.45, 7) is 5.27. The molecule has 1 aromatic heterocycles. The van der Waals surface area contributed by atoms with Gasteiger partial charge in [-0.3, -0.25) is 4.90 Å². The van der Waals surface area contributed by atoms with Crippen LogP contribution in [0.2, 0.25) is 0 Å². The molecule has 1 aliphatic rings. The quantitative estimate of drug-likeness (QED) is 0.884. The van der Waals surface area contributed by atoms with Gasteiger partial charge in [-0.05, 0) is 12.1 Å². The Morgan fingerprint density at radius 1 is 1.33 bits per heavy atom. The lowest BCUT2D eigenvalue weighted by molar-refractivity contribution is 0.0323. The van der Waals surface area contributed by atoms with Gasteiger partial charge < -0.3 is 14.5 Å². The second-order valence-corrected chi connectivity index (χ2v) is 4.36. The number of aromatic nitrogens is 2. The third-order valence-corrected chi connectivity index (χ3v) is 3.18. The Labute approximate surface area is 106 Å². The maximum absolute atomic E-state index is 5.82. The number of H-pyrrole nitrogens is 1. The number of hydrogen-bond donors (Lipinski definition) is 1. The number of hydrogen-bond acceptors (Lipinski definition) is 4. The Bertz CT molecular complexity index is 506. The fraction of sp³-hybridized carbons (Fsp3) is 0.462. The summed E-state index contributed by atoms with van der Waals surface area (Å²) in [5.41, 5.74) is 1.92. The first-order valence-corrected chi connectivity index (χ1v) is 6.28. The highest BCUT2D eigenvalue weighted by molar-refractivity contribution is 5.80. The van der Waals surface area contributed by atoms with E-state index in [1.54, 1.807) is 6.33 Å². The van der Waals surface area contributed by atoms with Gasteiger partial charge >= 0.3 is 0 Å². The molecule has 1 N–H and O–H groups in total. The molecule has 0 radical (unpaired) electrons. The van der Waals surface area contributed by atoms with Gasteiger partial charge in [0.2, 0.25) is 0 Å². The third kappa shape index (κ3) is 2.47. The standard InChI is InChI=1S/C13H17N3O2/c1-2-11-13(15-10-14-11)12(3-1)18-9-6-16-4-7-17-8-5-16/h1-3,10H,4-9H2,(H,14,15). The van der Waals surface area contributed by atoms with Crippen LogP contribution in [0.15, 0.2) is 24.5 Å². The second-order valence-electron chi connectivity index (χ2n) is 4.36. The molecule has 0 atom stereocenters. The number of aromatic amines is 1. The smallest absolute Gasteiger partial charge is 0.147 e. The van der Waals surface area contributed by atoms with Gasteiger partial charge in [0.15, 0.2) is 0 Å². The molecule has 0 unspecified atom stereocenters. The van der Waals surface area contributed by atoms with Crippen molar-refractivity contribution in [2.45, 2.75) is 0 Å². The van der Waals surface area contributed by atoms with Crippen molar-refractivity contribution in [2.75, 3.05) is 39.5 Å². The van der Waals surface area contributed by atoms with Crippen molar-refractivity contribution in [2.24, 2.45) is 0 Å². The number of nitrogens with one attached hydrogen (secondary N) is 1. The molecular weight excluding hydrogens is 230 g/mol. The Kier molecular flexibility index (Phi) is 3.43. The van der Waals surface area contributed by atoms with Crippen LogP contribution in [-0.4, -0.2) is 54.3 Å². The predicted octanol–water partition coefficient (Wildman–Crippen LogP) is 1.27. The molecule has 0 saturated carbocycles. The molecule has 0 spiro atoms. The SMILES string of the molecule is c1cc(OCCN2CCOCC2)c2nc[nH]c2c1. The average molecular weight is 247 g/mol. The minimum atomic E-state index is 0.686. The molecule has 3 rings (SSSR count). The Balaban J connectivity index is 1.57. The topological polar surface area (TPSA) is 50.4 Å². The molecule has 5 nitrogen and oxygen atoms in total. The van der Waals surface area contributed by atoms with Crippen LogP contribution in [0.4, 0.5) is 0 Å². The predicted molar refractivity (Wildman–Crippen MR) is 68.8 cm³/mol. The van der Waals surface area contributed by atoms with E-state index >= 15 is 0 Å². The monoisotopic (exact) mass is 247 g/mol. The molecule has 0 bridgehead atoms. The van der Waals surface area contributed by atoms with Gasteiger partial charge in [-0.1, -0.05) is 6.07 Å². The first kappa shape index (κ1) is 11.5. The van der Waals surface area contributed by atoms with Crippen molar-refractivity contribution in [1.82, 2.24) is 14.9 Å². The normalized spacial score (nSPS) is 17.1. The summed E-state index contributed by atoms with van der Waals surface area (Å²) in [6.07, 6.45) is 1.69. The van der Waals surface area contributed by atoms with Gasteiger partial charge in [0, 0.05) is 19.6 Å². The average Bonchev–Trinajstić information content (AvgIpc) is 2.89. The summed E-state index contributed by atoms with van der Waals surface area (Å²) >= 11 is 0. The molecule has 96 valence electrons. The maximum atomic E-state index is 5.82. The summed E-state index contributed by atoms with van der Waals surface area (Å²) in [5, 5.41) is 0. The fourth-order valence-corrected chi connectivity index (χ4v) is 2.16. The molecule has 2 heterocycles. The van der Waals surface area contributed by atoms with Crippen LogP contribution in [0.5, 0.6) is 5.75 Å². The molecule has 1 fully saturated rings. The van der Waals surface area contributed by atoms with E-state index in [-0.39, 0.29) is 0 Å². The van der Waals surface area contributed by atoms with E-state index in [4.69, 9.17) is 9.47 Å². The maximum Gasteiger partial charge on any atom is 0.147 e. The van der Waals surface area contributed by atoms with Crippen LogP contribution in [0.1, 0.15) is 0 Å². The van der Waals surface area contributed by atoms with Crippen molar-refractivity contribution in [3.8, 4) is 5.75 Å². The van der Waals surface area contributed by atoms with Gasteiger partial charge in [0.25, 0.3) is 0 Å². The number of benzene rings is 1. The number of fused-ring (bicyclic) bond motifs is 1. The van der Waals surface area contributed by atoms with Gasteiger partial charge in [-0.15, -0.1) is 0 Å². The van der Waals surface area contributed by atoms with E-state index in [0.717, 1.165) is 49.6 Å². The van der Waals surface area contributed by atoms with Crippen molar-refractivity contribution in [1.29, 1.82) is 0 Å². The molecule has 1 aliphatic heterocycles. The molecule has 1 aromatic carbocycles. The summed E-state index contributed by atoms with van der Waals surface area (Å²) < 4.78 is 11.1. The minimum absolute atomic E-state index is 0.686. The van der Waals surface area contributed by atoms with Crippen molar-refractivity contribution in [3.63, 3.8) is 0 Å². The minimum Gasteiger partial charge on any atom is -0.490 e. The van der Waals surface area contributed by atoms with Gasteiger partial charge in [-0.25, -0.2) is 4.98 Å². The molecule has 2 aromatic rings. The zero-order valence-corrected chi connectivity index (χ0v) is 10.3. The highest BCUT2D eigenvalue weighted by atomic mass is 16.5. The summed E-state index contributed by atoms with van der Waals surface area (Å²) in [4.78, 5) is 9.71. The largest absolute Gasteiger partial charge is 0.490 e. The molecule has 1 saturated heterocycles. The van der Waals surface area contributed by atoms with Crippen molar-refractivity contribution in [3.05, 3.63) is 24.5 Å². The zero-order chi connectivity index (χ0) is 12.2. The van der Waals surface area contributed by atoms with E-state index in [1.807, 2.05) is 18.2 Å². The highest BCUT2D eigenvalue weighted by Crippen LogP contribution is 2.21. The number of rotatable bonds is 4. The lowest BCUT2D eigenvalue weighted by atomic mass is 10.3. The lowest BCUT2D eigenvalue weighted by Crippen LogP contribution is -2.38. The van der Waals surface area contributed by atoms with Crippen LogP contribution >= 0.6 is 0 Å². The van der Waals surface area contributed by atoms with E-state index < -0.39 is 0 Å². The van der Waals surface area contributed by atoms with E-state index in [0.29, 0.717) is 6.61 Å². The van der Waals surface area contributed by atoms with Crippen LogP contribution in [0, 0.1) is 0 Å². The number of para-hydroxylation sites is 1. The zero-order valence-electron chi connectivity index (χ0n) is 10.3. The Morgan fingerprint density at radius 3 is 3.11 bits per heavy atom. The van der Waals surface area contributed by atoms with E-state index in [9.17, 15) is 0 Å². The Morgan fingerprint density at radius 2 is 2.22 bits per heavy atom. The number of nitrogens with zero attached hydrogens (tertiary/aromatic N) is 2. The first-order valence-electron chi connectivity index (χ1n) is 6.28. The lowest BCUT2D eigenvalue weighted by Gasteiger charge is -2.26. The van der Waals surface area contributed by atoms with Crippen LogP contribution in [0.25, 0.3) is 11.0 Å². The summed E-state index contributed by atoms with van der Waals surface area (Å²) in [5.74, 6) is 0.849. The van der Waals surface area contributed by atoms with Crippen molar-refractivity contribution < 1.29 is 9.47 Å². The third-order valence-electron chi connectivity index (χ3n) is 3.18. The van der Waals surface area contributed by atoms with Crippen molar-refractivity contribution >= 4 is 11.0 Å². The number of ether oxygens (including phenoxy) is 2. The van der Waals surface area contributed by atoms with Crippen LogP contribution < -0.4 is 4.74 Å². The van der Waals surface area contributed by atoms with Crippen LogP contribution in [-0.2, 0) is 4.74 Å². The van der Waals surface area contributed by atoms with Gasteiger partial charge in [0.05, 0.1) is 25.1 Å². The molecule has 5 heteroatoms. The van der Waals surface area contributed by atoms with E-state index in [1.165, 1.54) is 0 Å². The number of imidazole rings is 1. The molecule has 0 aliphatic carbocycles. The highest BCUT2D eigenvalue weighted by Gasteiger charge is 2.10.